The number of carbonyl (C=O) groups is 1. The topological polar surface area (TPSA) is 73.0 Å². The minimum absolute atomic E-state index is 0.297. The lowest BCUT2D eigenvalue weighted by molar-refractivity contribution is -0.672. The van der Waals surface area contributed by atoms with Crippen LogP contribution in [0.15, 0.2) is 28.0 Å². The molecule has 2 heterocycles. The molecule has 2 rings (SSSR count). The number of carbonyl (C=O) groups excluding carboxylic acids is 1. The molecule has 0 saturated carbocycles. The number of hydrogen-bond acceptors (Lipinski definition) is 4. The van der Waals surface area contributed by atoms with Crippen LogP contribution in [0.4, 0.5) is 0 Å². The second-order valence-electron chi connectivity index (χ2n) is 3.29. The highest BCUT2D eigenvalue weighted by Gasteiger charge is 2.17. The van der Waals surface area contributed by atoms with E-state index in [-0.39, 0.29) is 5.91 Å². The Morgan fingerprint density at radius 3 is 3.19 bits per heavy atom. The quantitative estimate of drug-likeness (QED) is 0.629. The molecule has 0 aliphatic carbocycles. The average Bonchev–Trinajstić information content (AvgIpc) is 2.69. The van der Waals surface area contributed by atoms with Crippen molar-refractivity contribution in [1.82, 2.24) is 4.98 Å². The maximum Gasteiger partial charge on any atom is 0.371 e. The highest BCUT2D eigenvalue weighted by Crippen LogP contribution is 2.18. The van der Waals surface area contributed by atoms with Crippen molar-refractivity contribution in [2.24, 2.45) is 5.73 Å². The van der Waals surface area contributed by atoms with E-state index in [1.165, 1.54) is 11.8 Å². The maximum atomic E-state index is 10.7. The average molecular weight is 238 g/mol. The summed E-state index contributed by atoms with van der Waals surface area (Å²) < 4.78 is 7.34. The number of nitrogens with two attached hydrogens (primary N) is 1. The molecule has 1 amide bonds. The monoisotopic (exact) mass is 238 g/mol. The number of nitrogens with zero attached hydrogens (tertiary/aromatic N) is 2. The van der Waals surface area contributed by atoms with E-state index < -0.39 is 0 Å². The number of thioether (sulfide) groups is 1. The van der Waals surface area contributed by atoms with Crippen molar-refractivity contribution in [1.29, 1.82) is 0 Å². The van der Waals surface area contributed by atoms with Gasteiger partial charge in [0.25, 0.3) is 0 Å². The third kappa shape index (κ3) is 2.16. The van der Waals surface area contributed by atoms with Crippen molar-refractivity contribution in [3.63, 3.8) is 0 Å². The molecule has 0 bridgehead atoms. The molecular weight excluding hydrogens is 226 g/mol. The third-order valence-electron chi connectivity index (χ3n) is 2.17. The number of hydrogen-bond donors (Lipinski definition) is 1. The van der Waals surface area contributed by atoms with E-state index >= 15 is 0 Å². The van der Waals surface area contributed by atoms with Crippen molar-refractivity contribution in [2.45, 2.75) is 18.2 Å². The van der Waals surface area contributed by atoms with Gasteiger partial charge in [-0.25, -0.2) is 4.57 Å². The van der Waals surface area contributed by atoms with E-state index in [9.17, 15) is 4.79 Å². The second kappa shape index (κ2) is 4.52. The molecule has 2 aromatic heterocycles. The molecule has 84 valence electrons. The predicted octanol–water partition coefficient (Wildman–Crippen LogP) is 0.713. The molecule has 6 heteroatoms. The number of primary amides is 1. The summed E-state index contributed by atoms with van der Waals surface area (Å²) in [5, 5.41) is 0.619. The van der Waals surface area contributed by atoms with Crippen LogP contribution >= 0.6 is 11.8 Å². The first kappa shape index (κ1) is 10.9. The van der Waals surface area contributed by atoms with E-state index in [1.54, 1.807) is 0 Å². The normalized spacial score (nSPS) is 10.8. The van der Waals surface area contributed by atoms with Crippen molar-refractivity contribution < 1.29 is 13.8 Å². The molecule has 2 N–H and O–H groups in total. The Bertz CT molecular complexity index is 524. The van der Waals surface area contributed by atoms with Gasteiger partial charge in [0.05, 0.1) is 19.2 Å². The fraction of sp³-hybridized carbons (Fsp3) is 0.300. The first-order valence-corrected chi connectivity index (χ1v) is 6.04. The fourth-order valence-electron chi connectivity index (χ4n) is 1.42. The zero-order chi connectivity index (χ0) is 11.5. The van der Waals surface area contributed by atoms with Gasteiger partial charge in [0.15, 0.2) is 0 Å². The largest absolute Gasteiger partial charge is 0.406 e. The molecule has 0 aliphatic heterocycles. The highest BCUT2D eigenvalue weighted by molar-refractivity contribution is 7.98. The van der Waals surface area contributed by atoms with E-state index in [4.69, 9.17) is 10.2 Å². The zero-order valence-corrected chi connectivity index (χ0v) is 9.66. The summed E-state index contributed by atoms with van der Waals surface area (Å²) in [7, 11) is 0. The van der Waals surface area contributed by atoms with Crippen LogP contribution in [0.1, 0.15) is 6.42 Å². The Labute approximate surface area is 96.6 Å². The summed E-state index contributed by atoms with van der Waals surface area (Å²) in [6, 6.07) is 3.71. The van der Waals surface area contributed by atoms with Gasteiger partial charge in [-0.2, -0.15) is 0 Å². The van der Waals surface area contributed by atoms with Crippen LogP contribution in [0.5, 0.6) is 0 Å². The van der Waals surface area contributed by atoms with Gasteiger partial charge in [0, 0.05) is 4.98 Å². The van der Waals surface area contributed by atoms with Gasteiger partial charge >= 0.3 is 10.9 Å². The summed E-state index contributed by atoms with van der Waals surface area (Å²) in [6.07, 6.45) is 4.06. The summed E-state index contributed by atoms with van der Waals surface area (Å²) in [5.74, 6) is -0.321. The molecule has 0 aliphatic rings. The molecule has 16 heavy (non-hydrogen) atoms. The van der Waals surface area contributed by atoms with Crippen molar-refractivity contribution in [2.75, 3.05) is 6.26 Å². The van der Waals surface area contributed by atoms with Crippen LogP contribution in [-0.2, 0) is 11.3 Å². The Hall–Kier alpha value is -1.56. The summed E-state index contributed by atoms with van der Waals surface area (Å²) in [5.41, 5.74) is 6.58. The van der Waals surface area contributed by atoms with Gasteiger partial charge in [-0.3, -0.25) is 4.79 Å². The van der Waals surface area contributed by atoms with Gasteiger partial charge in [-0.1, -0.05) is 0 Å². The Kier molecular flexibility index (Phi) is 3.09. The fourth-order valence-corrected chi connectivity index (χ4v) is 1.77. The van der Waals surface area contributed by atoms with Crippen LogP contribution in [0.3, 0.4) is 0 Å². The number of oxazole rings is 1. The van der Waals surface area contributed by atoms with Crippen LogP contribution in [0.25, 0.3) is 11.2 Å². The lowest BCUT2D eigenvalue weighted by atomic mass is 10.3. The number of amides is 1. The minimum atomic E-state index is -0.321. The molecule has 0 fully saturated rings. The number of aryl methyl sites for hydroxylation is 1. The standard InChI is InChI=1S/C10H11N3O2S/c1-16-10-12-9-7(15-10)3-2-5-13(9)6-4-8(11)14/h2-3,5H,4,6H2,1H3,(H-,11,14)/p+1. The molecule has 2 aromatic rings. The Morgan fingerprint density at radius 2 is 2.50 bits per heavy atom. The van der Waals surface area contributed by atoms with Crippen LogP contribution < -0.4 is 10.3 Å². The van der Waals surface area contributed by atoms with E-state index in [1.807, 2.05) is 29.2 Å². The van der Waals surface area contributed by atoms with E-state index in [2.05, 4.69) is 4.98 Å². The first-order valence-electron chi connectivity index (χ1n) is 4.82. The Balaban J connectivity index is 2.36. The molecule has 0 spiro atoms. The predicted molar refractivity (Wildman–Crippen MR) is 59.8 cm³/mol. The summed E-state index contributed by atoms with van der Waals surface area (Å²) in [4.78, 5) is 15.0. The molecule has 5 nitrogen and oxygen atoms in total. The Morgan fingerprint density at radius 1 is 1.69 bits per heavy atom. The van der Waals surface area contributed by atoms with Gasteiger partial charge in [-0.15, -0.1) is 0 Å². The van der Waals surface area contributed by atoms with Crippen LogP contribution in [0.2, 0.25) is 0 Å². The number of fused-ring (bicyclic) bond motifs is 1. The van der Waals surface area contributed by atoms with Crippen molar-refractivity contribution in [3.8, 4) is 0 Å². The van der Waals surface area contributed by atoms with Gasteiger partial charge in [0.1, 0.15) is 0 Å². The number of pyridine rings is 1. The van der Waals surface area contributed by atoms with Gasteiger partial charge in [0.2, 0.25) is 11.5 Å². The van der Waals surface area contributed by atoms with Crippen LogP contribution in [-0.4, -0.2) is 17.1 Å². The van der Waals surface area contributed by atoms with Crippen molar-refractivity contribution in [3.05, 3.63) is 18.3 Å². The molecule has 0 saturated heterocycles. The van der Waals surface area contributed by atoms with Crippen molar-refractivity contribution >= 4 is 28.9 Å². The highest BCUT2D eigenvalue weighted by atomic mass is 32.2. The van der Waals surface area contributed by atoms with E-state index in [0.717, 1.165) is 11.2 Å². The minimum Gasteiger partial charge on any atom is -0.406 e. The maximum absolute atomic E-state index is 10.7. The molecule has 0 unspecified atom stereocenters. The molecule has 0 atom stereocenters. The molecule has 0 radical (unpaired) electrons. The third-order valence-corrected chi connectivity index (χ3v) is 2.70. The number of aromatic nitrogens is 2. The van der Waals surface area contributed by atoms with Crippen LogP contribution in [0, 0.1) is 0 Å². The lowest BCUT2D eigenvalue weighted by Gasteiger charge is -1.96. The second-order valence-corrected chi connectivity index (χ2v) is 4.05. The van der Waals surface area contributed by atoms with Gasteiger partial charge < -0.3 is 10.2 Å². The summed E-state index contributed by atoms with van der Waals surface area (Å²) >= 11 is 1.44. The lowest BCUT2D eigenvalue weighted by Crippen LogP contribution is -2.36. The SMILES string of the molecule is CSc1nc2c(ccc[n+]2CCC(N)=O)o1. The first-order chi connectivity index (χ1) is 7.70. The number of rotatable bonds is 4. The molecule has 0 aromatic carbocycles. The van der Waals surface area contributed by atoms with Gasteiger partial charge in [-0.05, 0) is 30.2 Å². The van der Waals surface area contributed by atoms with E-state index in [0.29, 0.717) is 18.2 Å². The summed E-state index contributed by atoms with van der Waals surface area (Å²) in [6.45, 7) is 0.521. The smallest absolute Gasteiger partial charge is 0.371 e. The molecular formula is C10H12N3O2S+. The zero-order valence-electron chi connectivity index (χ0n) is 8.84.